The van der Waals surface area contributed by atoms with Gasteiger partial charge in [-0.15, -0.1) is 0 Å². The molecule has 1 atom stereocenters. The zero-order valence-electron chi connectivity index (χ0n) is 10.8. The second kappa shape index (κ2) is 5.28. The number of nitrogens with zero attached hydrogens (tertiary/aromatic N) is 2. The molecule has 1 aliphatic rings. The number of primary amides is 1. The minimum atomic E-state index is -4.57. The van der Waals surface area contributed by atoms with Crippen molar-refractivity contribution >= 4 is 11.7 Å². The van der Waals surface area contributed by atoms with Gasteiger partial charge in [0, 0.05) is 13.7 Å². The first-order chi connectivity index (χ1) is 9.30. The summed E-state index contributed by atoms with van der Waals surface area (Å²) in [6.45, 7) is 0.909. The van der Waals surface area contributed by atoms with E-state index in [1.165, 1.54) is 4.90 Å². The average Bonchev–Trinajstić information content (AvgIpc) is 2.89. The van der Waals surface area contributed by atoms with Gasteiger partial charge in [-0.25, -0.2) is 4.98 Å². The first-order valence-corrected chi connectivity index (χ1v) is 5.99. The Morgan fingerprint density at radius 3 is 2.70 bits per heavy atom. The van der Waals surface area contributed by atoms with Gasteiger partial charge >= 0.3 is 6.18 Å². The highest BCUT2D eigenvalue weighted by atomic mass is 19.4. The van der Waals surface area contributed by atoms with Gasteiger partial charge in [-0.3, -0.25) is 4.79 Å². The van der Waals surface area contributed by atoms with Crippen molar-refractivity contribution in [2.24, 2.45) is 5.73 Å². The van der Waals surface area contributed by atoms with E-state index in [4.69, 9.17) is 10.5 Å². The van der Waals surface area contributed by atoms with Crippen molar-refractivity contribution in [2.45, 2.75) is 18.6 Å². The number of aromatic nitrogens is 1. The standard InChI is InChI=1S/C12H14F3N3O2/c1-18(7-4-5-20-6-7)11-8(10(16)19)2-3-9(17-11)12(13,14)15/h2-3,7H,4-6H2,1H3,(H2,16,19). The second-order valence-electron chi connectivity index (χ2n) is 4.56. The summed E-state index contributed by atoms with van der Waals surface area (Å²) in [7, 11) is 1.58. The zero-order chi connectivity index (χ0) is 14.9. The number of rotatable bonds is 3. The topological polar surface area (TPSA) is 68.5 Å². The molecule has 5 nitrogen and oxygen atoms in total. The molecule has 20 heavy (non-hydrogen) atoms. The molecule has 1 aliphatic heterocycles. The van der Waals surface area contributed by atoms with Crippen LogP contribution in [0, 0.1) is 0 Å². The first-order valence-electron chi connectivity index (χ1n) is 5.99. The van der Waals surface area contributed by atoms with Crippen LogP contribution in [-0.2, 0) is 10.9 Å². The maximum atomic E-state index is 12.7. The lowest BCUT2D eigenvalue weighted by atomic mass is 10.1. The minimum Gasteiger partial charge on any atom is -0.379 e. The third-order valence-corrected chi connectivity index (χ3v) is 3.22. The third kappa shape index (κ3) is 2.84. The Morgan fingerprint density at radius 2 is 2.20 bits per heavy atom. The average molecular weight is 289 g/mol. The van der Waals surface area contributed by atoms with E-state index in [0.717, 1.165) is 12.1 Å². The van der Waals surface area contributed by atoms with Gasteiger partial charge in [0.05, 0.1) is 18.2 Å². The normalized spacial score (nSPS) is 19.1. The highest BCUT2D eigenvalue weighted by molar-refractivity contribution is 5.97. The first kappa shape index (κ1) is 14.6. The number of pyridine rings is 1. The lowest BCUT2D eigenvalue weighted by Gasteiger charge is -2.26. The van der Waals surface area contributed by atoms with Crippen molar-refractivity contribution in [3.63, 3.8) is 0 Å². The molecule has 8 heteroatoms. The SMILES string of the molecule is CN(c1nc(C(F)(F)F)ccc1C(N)=O)C1CCOC1. The number of carbonyl (C=O) groups is 1. The van der Waals surface area contributed by atoms with Gasteiger partial charge in [-0.1, -0.05) is 0 Å². The molecule has 0 bridgehead atoms. The van der Waals surface area contributed by atoms with E-state index < -0.39 is 17.8 Å². The van der Waals surface area contributed by atoms with Crippen LogP contribution in [0.3, 0.4) is 0 Å². The van der Waals surface area contributed by atoms with Crippen LogP contribution in [0.25, 0.3) is 0 Å². The maximum Gasteiger partial charge on any atom is 0.433 e. The van der Waals surface area contributed by atoms with Crippen molar-refractivity contribution in [1.82, 2.24) is 4.98 Å². The zero-order valence-corrected chi connectivity index (χ0v) is 10.8. The number of anilines is 1. The summed E-state index contributed by atoms with van der Waals surface area (Å²) in [5.74, 6) is -0.880. The lowest BCUT2D eigenvalue weighted by molar-refractivity contribution is -0.141. The summed E-state index contributed by atoms with van der Waals surface area (Å²) in [6.07, 6.45) is -3.91. The predicted molar refractivity (Wildman–Crippen MR) is 65.4 cm³/mol. The van der Waals surface area contributed by atoms with Crippen LogP contribution in [0.15, 0.2) is 12.1 Å². The van der Waals surface area contributed by atoms with Gasteiger partial charge < -0.3 is 15.4 Å². The molecule has 1 aromatic rings. The molecule has 1 fully saturated rings. The number of halogens is 3. The van der Waals surface area contributed by atoms with Gasteiger partial charge in [-0.2, -0.15) is 13.2 Å². The molecule has 1 unspecified atom stereocenters. The lowest BCUT2D eigenvalue weighted by Crippen LogP contribution is -2.35. The number of ether oxygens (including phenoxy) is 1. The quantitative estimate of drug-likeness (QED) is 0.914. The number of amides is 1. The van der Waals surface area contributed by atoms with E-state index in [2.05, 4.69) is 4.98 Å². The number of alkyl halides is 3. The molecule has 0 radical (unpaired) electrons. The van der Waals surface area contributed by atoms with Crippen LogP contribution in [0.4, 0.5) is 19.0 Å². The largest absolute Gasteiger partial charge is 0.433 e. The van der Waals surface area contributed by atoms with Crippen LogP contribution >= 0.6 is 0 Å². The smallest absolute Gasteiger partial charge is 0.379 e. The molecule has 1 aromatic heterocycles. The number of likely N-dealkylation sites (N-methyl/N-ethyl adjacent to an activating group) is 1. The molecule has 1 saturated heterocycles. The van der Waals surface area contributed by atoms with Crippen molar-refractivity contribution in [3.8, 4) is 0 Å². The second-order valence-corrected chi connectivity index (χ2v) is 4.56. The van der Waals surface area contributed by atoms with E-state index in [9.17, 15) is 18.0 Å². The van der Waals surface area contributed by atoms with Crippen LogP contribution in [0.1, 0.15) is 22.5 Å². The maximum absolute atomic E-state index is 12.7. The highest BCUT2D eigenvalue weighted by Crippen LogP contribution is 2.31. The number of hydrogen-bond donors (Lipinski definition) is 1. The fraction of sp³-hybridized carbons (Fsp3) is 0.500. The van der Waals surface area contributed by atoms with Gasteiger partial charge in [0.15, 0.2) is 0 Å². The van der Waals surface area contributed by atoms with Gasteiger partial charge in [0.1, 0.15) is 11.5 Å². The highest BCUT2D eigenvalue weighted by Gasteiger charge is 2.34. The Morgan fingerprint density at radius 1 is 1.50 bits per heavy atom. The van der Waals surface area contributed by atoms with E-state index >= 15 is 0 Å². The third-order valence-electron chi connectivity index (χ3n) is 3.22. The number of carbonyl (C=O) groups excluding carboxylic acids is 1. The van der Waals surface area contributed by atoms with Crippen LogP contribution in [0.2, 0.25) is 0 Å². The summed E-state index contributed by atoms with van der Waals surface area (Å²) in [5.41, 5.74) is 4.10. The van der Waals surface area contributed by atoms with Gasteiger partial charge in [-0.05, 0) is 18.6 Å². The summed E-state index contributed by atoms with van der Waals surface area (Å²) in [6, 6.07) is 1.69. The Bertz CT molecular complexity index is 513. The Kier molecular flexibility index (Phi) is 3.85. The summed E-state index contributed by atoms with van der Waals surface area (Å²) < 4.78 is 43.3. The summed E-state index contributed by atoms with van der Waals surface area (Å²) >= 11 is 0. The fourth-order valence-corrected chi connectivity index (χ4v) is 2.07. The van der Waals surface area contributed by atoms with E-state index in [1.807, 2.05) is 0 Å². The van der Waals surface area contributed by atoms with E-state index in [-0.39, 0.29) is 17.4 Å². The van der Waals surface area contributed by atoms with E-state index in [1.54, 1.807) is 7.05 Å². The van der Waals surface area contributed by atoms with Crippen molar-refractivity contribution in [2.75, 3.05) is 25.2 Å². The molecule has 0 saturated carbocycles. The van der Waals surface area contributed by atoms with Crippen LogP contribution < -0.4 is 10.6 Å². The molecule has 2 N–H and O–H groups in total. The molecular weight excluding hydrogens is 275 g/mol. The van der Waals surface area contributed by atoms with Crippen molar-refractivity contribution < 1.29 is 22.7 Å². The van der Waals surface area contributed by atoms with Crippen LogP contribution in [-0.4, -0.2) is 37.2 Å². The molecule has 1 amide bonds. The van der Waals surface area contributed by atoms with Gasteiger partial charge in [0.2, 0.25) is 0 Å². The Hall–Kier alpha value is -1.83. The summed E-state index contributed by atoms with van der Waals surface area (Å²) in [5, 5.41) is 0. The van der Waals surface area contributed by atoms with Crippen molar-refractivity contribution in [1.29, 1.82) is 0 Å². The number of nitrogens with two attached hydrogens (primary N) is 1. The number of hydrogen-bond acceptors (Lipinski definition) is 4. The molecule has 110 valence electrons. The molecule has 0 aliphatic carbocycles. The minimum absolute atomic E-state index is 0.0348. The fourth-order valence-electron chi connectivity index (χ4n) is 2.07. The monoisotopic (exact) mass is 289 g/mol. The molecule has 2 heterocycles. The van der Waals surface area contributed by atoms with E-state index in [0.29, 0.717) is 19.6 Å². The Balaban J connectivity index is 2.43. The van der Waals surface area contributed by atoms with Crippen molar-refractivity contribution in [3.05, 3.63) is 23.4 Å². The molecular formula is C12H14F3N3O2. The molecule has 0 aromatic carbocycles. The molecule has 2 rings (SSSR count). The predicted octanol–water partition coefficient (Wildman–Crippen LogP) is 1.42. The molecule has 0 spiro atoms. The Labute approximate surface area is 113 Å². The summed E-state index contributed by atoms with van der Waals surface area (Å²) in [4.78, 5) is 16.4. The van der Waals surface area contributed by atoms with Gasteiger partial charge in [0.25, 0.3) is 5.91 Å². The van der Waals surface area contributed by atoms with Crippen LogP contribution in [0.5, 0.6) is 0 Å².